The van der Waals surface area contributed by atoms with Crippen molar-refractivity contribution in [3.8, 4) is 0 Å². The molecular formula is C13H20N4O2S. The summed E-state index contributed by atoms with van der Waals surface area (Å²) in [4.78, 5) is 16.3. The third-order valence-corrected chi connectivity index (χ3v) is 4.64. The van der Waals surface area contributed by atoms with Crippen LogP contribution in [0, 0.1) is 6.92 Å². The van der Waals surface area contributed by atoms with Gasteiger partial charge in [0.25, 0.3) is 5.91 Å². The lowest BCUT2D eigenvalue weighted by Gasteiger charge is -2.37. The summed E-state index contributed by atoms with van der Waals surface area (Å²) < 4.78 is 0. The van der Waals surface area contributed by atoms with E-state index in [-0.39, 0.29) is 17.8 Å². The van der Waals surface area contributed by atoms with Crippen molar-refractivity contribution in [3.05, 3.63) is 21.9 Å². The number of thiophene rings is 1. The summed E-state index contributed by atoms with van der Waals surface area (Å²) in [5.74, 6) is 0.304. The summed E-state index contributed by atoms with van der Waals surface area (Å²) in [5, 5.41) is 15.6. The number of hydrogen-bond acceptors (Lipinski definition) is 5. The molecule has 1 fully saturated rings. The summed E-state index contributed by atoms with van der Waals surface area (Å²) in [6.07, 6.45) is 0. The molecule has 0 aliphatic carbocycles. The van der Waals surface area contributed by atoms with Crippen LogP contribution in [0.4, 0.5) is 0 Å². The minimum Gasteiger partial charge on any atom is -0.409 e. The molecule has 3 N–H and O–H groups in total. The zero-order valence-electron chi connectivity index (χ0n) is 11.7. The molecular weight excluding hydrogens is 276 g/mol. The average molecular weight is 296 g/mol. The molecule has 2 heterocycles. The Hall–Kier alpha value is -1.60. The Morgan fingerprint density at radius 3 is 2.55 bits per heavy atom. The smallest absolute Gasteiger partial charge is 0.255 e. The summed E-state index contributed by atoms with van der Waals surface area (Å²) in [6, 6.07) is -0.111. The monoisotopic (exact) mass is 296 g/mol. The summed E-state index contributed by atoms with van der Waals surface area (Å²) in [6.45, 7) is 6.64. The Bertz CT molecular complexity index is 506. The SMILES string of the molecule is Cc1cscc1C(=O)N1CCN(C(C)C(N)=NO)CC1. The summed E-state index contributed by atoms with van der Waals surface area (Å²) in [7, 11) is 0. The maximum absolute atomic E-state index is 12.4. The number of piperazine rings is 1. The van der Waals surface area contributed by atoms with Crippen molar-refractivity contribution < 1.29 is 10.0 Å². The van der Waals surface area contributed by atoms with E-state index < -0.39 is 0 Å². The van der Waals surface area contributed by atoms with Crippen molar-refractivity contribution in [1.82, 2.24) is 9.80 Å². The van der Waals surface area contributed by atoms with Crippen LogP contribution in [0.25, 0.3) is 0 Å². The van der Waals surface area contributed by atoms with Gasteiger partial charge in [-0.1, -0.05) is 5.16 Å². The van der Waals surface area contributed by atoms with Crippen LogP contribution in [-0.4, -0.2) is 59.0 Å². The van der Waals surface area contributed by atoms with Gasteiger partial charge in [-0.3, -0.25) is 9.69 Å². The van der Waals surface area contributed by atoms with E-state index in [0.717, 1.165) is 24.2 Å². The predicted octanol–water partition coefficient (Wildman–Crippen LogP) is 0.949. The Morgan fingerprint density at radius 1 is 1.40 bits per heavy atom. The minimum atomic E-state index is -0.111. The summed E-state index contributed by atoms with van der Waals surface area (Å²) in [5.41, 5.74) is 7.45. The Kier molecular flexibility index (Phi) is 4.61. The maximum atomic E-state index is 12.4. The van der Waals surface area contributed by atoms with E-state index in [2.05, 4.69) is 10.1 Å². The van der Waals surface area contributed by atoms with Gasteiger partial charge in [-0.25, -0.2) is 0 Å². The van der Waals surface area contributed by atoms with Crippen molar-refractivity contribution in [2.75, 3.05) is 26.2 Å². The molecule has 2 rings (SSSR count). The second kappa shape index (κ2) is 6.23. The molecule has 0 radical (unpaired) electrons. The fourth-order valence-electron chi connectivity index (χ4n) is 2.33. The fraction of sp³-hybridized carbons (Fsp3) is 0.538. The minimum absolute atomic E-state index is 0.0971. The molecule has 6 nitrogen and oxygen atoms in total. The van der Waals surface area contributed by atoms with Crippen LogP contribution >= 0.6 is 11.3 Å². The van der Waals surface area contributed by atoms with Gasteiger partial charge < -0.3 is 15.8 Å². The third kappa shape index (κ3) is 2.94. The number of nitrogens with two attached hydrogens (primary N) is 1. The molecule has 1 amide bonds. The second-order valence-corrected chi connectivity index (χ2v) is 5.74. The van der Waals surface area contributed by atoms with Gasteiger partial charge >= 0.3 is 0 Å². The molecule has 1 aliphatic heterocycles. The largest absolute Gasteiger partial charge is 0.409 e. The van der Waals surface area contributed by atoms with Gasteiger partial charge in [0.15, 0.2) is 5.84 Å². The molecule has 20 heavy (non-hydrogen) atoms. The normalized spacial score (nSPS) is 19.1. The molecule has 0 spiro atoms. The number of amidine groups is 1. The molecule has 0 aromatic carbocycles. The number of nitrogens with zero attached hydrogens (tertiary/aromatic N) is 3. The van der Waals surface area contributed by atoms with E-state index in [1.54, 1.807) is 11.3 Å². The molecule has 7 heteroatoms. The fourth-order valence-corrected chi connectivity index (χ4v) is 3.15. The molecule has 110 valence electrons. The van der Waals surface area contributed by atoms with E-state index in [0.29, 0.717) is 13.1 Å². The molecule has 1 unspecified atom stereocenters. The van der Waals surface area contributed by atoms with Crippen LogP contribution in [0.3, 0.4) is 0 Å². The van der Waals surface area contributed by atoms with Gasteiger partial charge in [-0.05, 0) is 24.8 Å². The van der Waals surface area contributed by atoms with Crippen LogP contribution in [0.5, 0.6) is 0 Å². The number of rotatable bonds is 3. The van der Waals surface area contributed by atoms with Crippen LogP contribution in [0.15, 0.2) is 15.9 Å². The molecule has 1 atom stereocenters. The van der Waals surface area contributed by atoms with Crippen molar-refractivity contribution in [2.24, 2.45) is 10.9 Å². The topological polar surface area (TPSA) is 82.2 Å². The highest BCUT2D eigenvalue weighted by molar-refractivity contribution is 7.08. The molecule has 0 saturated carbocycles. The van der Waals surface area contributed by atoms with Crippen LogP contribution < -0.4 is 5.73 Å². The zero-order chi connectivity index (χ0) is 14.7. The van der Waals surface area contributed by atoms with Crippen molar-refractivity contribution in [3.63, 3.8) is 0 Å². The standard InChI is InChI=1S/C13H20N4O2S/c1-9-7-20-8-11(9)13(18)17-5-3-16(4-6-17)10(2)12(14)15-19/h7-8,10,19H,3-6H2,1-2H3,(H2,14,15). The number of amides is 1. The lowest BCUT2D eigenvalue weighted by atomic mass is 10.1. The van der Waals surface area contributed by atoms with Gasteiger partial charge in [0, 0.05) is 31.6 Å². The first-order valence-corrected chi connectivity index (χ1v) is 7.52. The second-order valence-electron chi connectivity index (χ2n) is 5.00. The highest BCUT2D eigenvalue weighted by Gasteiger charge is 2.27. The molecule has 1 saturated heterocycles. The van der Waals surface area contributed by atoms with Crippen LogP contribution in [0.2, 0.25) is 0 Å². The Balaban J connectivity index is 1.95. The van der Waals surface area contributed by atoms with E-state index in [1.807, 2.05) is 29.5 Å². The average Bonchev–Trinajstić information content (AvgIpc) is 2.91. The van der Waals surface area contributed by atoms with Crippen molar-refractivity contribution in [2.45, 2.75) is 19.9 Å². The van der Waals surface area contributed by atoms with Crippen molar-refractivity contribution >= 4 is 23.1 Å². The predicted molar refractivity (Wildman–Crippen MR) is 79.4 cm³/mol. The molecule has 1 aromatic heterocycles. The molecule has 1 aliphatic rings. The number of oxime groups is 1. The Morgan fingerprint density at radius 2 is 2.05 bits per heavy atom. The zero-order valence-corrected chi connectivity index (χ0v) is 12.6. The lowest BCUT2D eigenvalue weighted by molar-refractivity contribution is 0.0619. The maximum Gasteiger partial charge on any atom is 0.255 e. The van der Waals surface area contributed by atoms with E-state index in [1.165, 1.54) is 0 Å². The third-order valence-electron chi connectivity index (χ3n) is 3.78. The van der Waals surface area contributed by atoms with Gasteiger partial charge in [-0.2, -0.15) is 11.3 Å². The molecule has 0 bridgehead atoms. The van der Waals surface area contributed by atoms with Gasteiger partial charge in [0.05, 0.1) is 11.6 Å². The first kappa shape index (κ1) is 14.8. The lowest BCUT2D eigenvalue weighted by Crippen LogP contribution is -2.54. The van der Waals surface area contributed by atoms with Crippen molar-refractivity contribution in [1.29, 1.82) is 0 Å². The van der Waals surface area contributed by atoms with Crippen LogP contribution in [0.1, 0.15) is 22.8 Å². The first-order valence-electron chi connectivity index (χ1n) is 6.58. The quantitative estimate of drug-likeness (QED) is 0.376. The molecule has 1 aromatic rings. The van der Waals surface area contributed by atoms with E-state index >= 15 is 0 Å². The number of carbonyl (C=O) groups excluding carboxylic acids is 1. The van der Waals surface area contributed by atoms with Gasteiger partial charge in [0.2, 0.25) is 0 Å². The first-order chi connectivity index (χ1) is 9.54. The number of aryl methyl sites for hydroxylation is 1. The highest BCUT2D eigenvalue weighted by Crippen LogP contribution is 2.17. The Labute approximate surface area is 122 Å². The van der Waals surface area contributed by atoms with Crippen LogP contribution in [-0.2, 0) is 0 Å². The van der Waals surface area contributed by atoms with E-state index in [4.69, 9.17) is 10.9 Å². The highest BCUT2D eigenvalue weighted by atomic mass is 32.1. The van der Waals surface area contributed by atoms with Gasteiger partial charge in [0.1, 0.15) is 0 Å². The van der Waals surface area contributed by atoms with Gasteiger partial charge in [-0.15, -0.1) is 0 Å². The number of hydrogen-bond donors (Lipinski definition) is 2. The number of carbonyl (C=O) groups is 1. The van der Waals surface area contributed by atoms with E-state index in [9.17, 15) is 4.79 Å². The summed E-state index contributed by atoms with van der Waals surface area (Å²) >= 11 is 1.55.